The minimum atomic E-state index is 0.00669. The zero-order valence-electron chi connectivity index (χ0n) is 18.4. The zero-order valence-corrected chi connectivity index (χ0v) is 18.4. The van der Waals surface area contributed by atoms with Crippen LogP contribution in [0.25, 0.3) is 11.0 Å². The first-order chi connectivity index (χ1) is 15.1. The Labute approximate surface area is 183 Å². The fraction of sp³-hybridized carbons (Fsp3) is 0.500. The lowest BCUT2D eigenvalue weighted by atomic mass is 9.97. The summed E-state index contributed by atoms with van der Waals surface area (Å²) < 4.78 is 2.18. The van der Waals surface area contributed by atoms with Crippen molar-refractivity contribution in [2.24, 2.45) is 7.05 Å². The van der Waals surface area contributed by atoms with Gasteiger partial charge in [-0.25, -0.2) is 15.0 Å². The second-order valence-corrected chi connectivity index (χ2v) is 8.85. The Bertz CT molecular complexity index is 1100. The van der Waals surface area contributed by atoms with Gasteiger partial charge in [-0.2, -0.15) is 0 Å². The van der Waals surface area contributed by atoms with Gasteiger partial charge in [-0.15, -0.1) is 0 Å². The molecule has 2 aliphatic rings. The molecule has 7 nitrogen and oxygen atoms in total. The van der Waals surface area contributed by atoms with Gasteiger partial charge in [-0.1, -0.05) is 12.1 Å². The highest BCUT2D eigenvalue weighted by Crippen LogP contribution is 2.29. The van der Waals surface area contributed by atoms with Gasteiger partial charge in [0.1, 0.15) is 11.5 Å². The van der Waals surface area contributed by atoms with E-state index in [-0.39, 0.29) is 11.8 Å². The van der Waals surface area contributed by atoms with Crippen molar-refractivity contribution in [1.82, 2.24) is 24.4 Å². The Balaban J connectivity index is 1.38. The lowest BCUT2D eigenvalue weighted by molar-refractivity contribution is 0.0697. The van der Waals surface area contributed by atoms with Crippen LogP contribution < -0.4 is 4.90 Å². The molecule has 3 aromatic rings. The average Bonchev–Trinajstić information content (AvgIpc) is 3.15. The number of carbonyl (C=O) groups excluding carboxylic acids is 1. The Morgan fingerprint density at radius 2 is 1.81 bits per heavy atom. The molecular weight excluding hydrogens is 388 g/mol. The maximum atomic E-state index is 13.4. The van der Waals surface area contributed by atoms with E-state index in [0.29, 0.717) is 18.2 Å². The third-order valence-corrected chi connectivity index (χ3v) is 6.60. The highest BCUT2D eigenvalue weighted by Gasteiger charge is 2.29. The van der Waals surface area contributed by atoms with Gasteiger partial charge in [0, 0.05) is 44.8 Å². The molecule has 0 bridgehead atoms. The number of benzene rings is 1. The number of anilines is 1. The van der Waals surface area contributed by atoms with Crippen LogP contribution in [-0.2, 0) is 7.05 Å². The normalized spacial score (nSPS) is 19.7. The highest BCUT2D eigenvalue weighted by atomic mass is 16.2. The van der Waals surface area contributed by atoms with Crippen LogP contribution in [0, 0.1) is 6.92 Å². The van der Waals surface area contributed by atoms with Gasteiger partial charge in [0.2, 0.25) is 5.95 Å². The minimum Gasteiger partial charge on any atom is -0.341 e. The van der Waals surface area contributed by atoms with E-state index in [4.69, 9.17) is 4.98 Å². The molecule has 162 valence electrons. The Morgan fingerprint density at radius 1 is 1.00 bits per heavy atom. The minimum absolute atomic E-state index is 0.00669. The number of aromatic nitrogens is 4. The predicted molar refractivity (Wildman–Crippen MR) is 121 cm³/mol. The molecule has 1 atom stereocenters. The summed E-state index contributed by atoms with van der Waals surface area (Å²) in [5.41, 5.74) is 3.51. The van der Waals surface area contributed by atoms with Gasteiger partial charge in [-0.05, 0) is 57.2 Å². The number of fused-ring (bicyclic) bond motifs is 1. The summed E-state index contributed by atoms with van der Waals surface area (Å²) in [6.45, 7) is 5.33. The van der Waals surface area contributed by atoms with Crippen LogP contribution in [-0.4, -0.2) is 56.5 Å². The summed E-state index contributed by atoms with van der Waals surface area (Å²) in [5, 5.41) is 0. The summed E-state index contributed by atoms with van der Waals surface area (Å²) in [7, 11) is 2.07. The number of hydrogen-bond donors (Lipinski definition) is 0. The van der Waals surface area contributed by atoms with E-state index in [0.717, 1.165) is 67.9 Å². The molecule has 5 rings (SSSR count). The van der Waals surface area contributed by atoms with Crippen molar-refractivity contribution in [1.29, 1.82) is 0 Å². The molecule has 0 unspecified atom stereocenters. The molecule has 0 N–H and O–H groups in total. The first-order valence-corrected chi connectivity index (χ1v) is 11.4. The molecule has 1 amide bonds. The van der Waals surface area contributed by atoms with Crippen molar-refractivity contribution in [3.05, 3.63) is 47.5 Å². The zero-order chi connectivity index (χ0) is 21.4. The number of rotatable bonds is 3. The lowest BCUT2D eigenvalue weighted by Gasteiger charge is -2.32. The van der Waals surface area contributed by atoms with E-state index in [9.17, 15) is 4.79 Å². The fourth-order valence-electron chi connectivity index (χ4n) is 4.96. The molecule has 0 radical (unpaired) electrons. The van der Waals surface area contributed by atoms with Crippen LogP contribution in [0.3, 0.4) is 0 Å². The standard InChI is InChI=1S/C24H30N6O/c1-17-15-20(27-24(25-17)29-12-6-3-7-13-29)23(31)30-14-8-9-18(16-30)22-26-19-10-4-5-11-21(19)28(22)2/h4-5,10-11,15,18H,3,6-9,12-14,16H2,1-2H3/t18-/m0/s1. The molecule has 7 heteroatoms. The van der Waals surface area contributed by atoms with Gasteiger partial charge in [-0.3, -0.25) is 4.79 Å². The van der Waals surface area contributed by atoms with Crippen LogP contribution in [0.4, 0.5) is 5.95 Å². The number of para-hydroxylation sites is 2. The Hall–Kier alpha value is -2.96. The number of aryl methyl sites for hydroxylation is 2. The van der Waals surface area contributed by atoms with Gasteiger partial charge in [0.25, 0.3) is 5.91 Å². The average molecular weight is 419 g/mol. The maximum absolute atomic E-state index is 13.4. The molecule has 0 spiro atoms. The Morgan fingerprint density at radius 3 is 2.61 bits per heavy atom. The molecule has 0 saturated carbocycles. The molecular formula is C24H30N6O. The number of imidazole rings is 1. The van der Waals surface area contributed by atoms with E-state index >= 15 is 0 Å². The number of hydrogen-bond acceptors (Lipinski definition) is 5. The molecule has 2 aliphatic heterocycles. The molecule has 31 heavy (non-hydrogen) atoms. The topological polar surface area (TPSA) is 67.2 Å². The Kier molecular flexibility index (Phi) is 5.34. The molecule has 4 heterocycles. The summed E-state index contributed by atoms with van der Waals surface area (Å²) in [4.78, 5) is 31.8. The number of nitrogens with zero attached hydrogens (tertiary/aromatic N) is 6. The van der Waals surface area contributed by atoms with Crippen LogP contribution in [0.5, 0.6) is 0 Å². The predicted octanol–water partition coefficient (Wildman–Crippen LogP) is 3.68. The number of piperidine rings is 2. The first kappa shape index (κ1) is 20.0. The second kappa shape index (κ2) is 8.29. The highest BCUT2D eigenvalue weighted by molar-refractivity contribution is 5.92. The fourth-order valence-corrected chi connectivity index (χ4v) is 4.96. The molecule has 2 saturated heterocycles. The SMILES string of the molecule is Cc1cc(C(=O)N2CCC[C@H](c3nc4ccccc4n3C)C2)nc(N2CCCCC2)n1. The van der Waals surface area contributed by atoms with Gasteiger partial charge < -0.3 is 14.4 Å². The lowest BCUT2D eigenvalue weighted by Crippen LogP contribution is -2.40. The van der Waals surface area contributed by atoms with Crippen molar-refractivity contribution in [2.75, 3.05) is 31.1 Å². The molecule has 0 aliphatic carbocycles. The van der Waals surface area contributed by atoms with E-state index in [1.807, 2.05) is 30.0 Å². The van der Waals surface area contributed by atoms with E-state index < -0.39 is 0 Å². The largest absolute Gasteiger partial charge is 0.341 e. The van der Waals surface area contributed by atoms with Crippen molar-refractivity contribution in [3.8, 4) is 0 Å². The van der Waals surface area contributed by atoms with Crippen molar-refractivity contribution in [3.63, 3.8) is 0 Å². The van der Waals surface area contributed by atoms with Crippen LogP contribution >= 0.6 is 0 Å². The molecule has 1 aromatic carbocycles. The first-order valence-electron chi connectivity index (χ1n) is 11.4. The van der Waals surface area contributed by atoms with Gasteiger partial charge in [0.15, 0.2) is 0 Å². The smallest absolute Gasteiger partial charge is 0.272 e. The van der Waals surface area contributed by atoms with E-state index in [2.05, 4.69) is 38.6 Å². The summed E-state index contributed by atoms with van der Waals surface area (Å²) >= 11 is 0. The third-order valence-electron chi connectivity index (χ3n) is 6.60. The summed E-state index contributed by atoms with van der Waals surface area (Å²) in [6.07, 6.45) is 5.59. The van der Waals surface area contributed by atoms with E-state index in [1.165, 1.54) is 6.42 Å². The molecule has 2 fully saturated rings. The number of carbonyl (C=O) groups is 1. The number of amides is 1. The summed E-state index contributed by atoms with van der Waals surface area (Å²) in [5.74, 6) is 2.00. The van der Waals surface area contributed by atoms with Gasteiger partial charge >= 0.3 is 0 Å². The van der Waals surface area contributed by atoms with Gasteiger partial charge in [0.05, 0.1) is 11.0 Å². The van der Waals surface area contributed by atoms with Crippen LogP contribution in [0.2, 0.25) is 0 Å². The third kappa shape index (κ3) is 3.89. The number of likely N-dealkylation sites (tertiary alicyclic amines) is 1. The van der Waals surface area contributed by atoms with Crippen molar-refractivity contribution < 1.29 is 4.79 Å². The van der Waals surface area contributed by atoms with E-state index in [1.54, 1.807) is 0 Å². The second-order valence-electron chi connectivity index (χ2n) is 8.85. The maximum Gasteiger partial charge on any atom is 0.272 e. The quantitative estimate of drug-likeness (QED) is 0.649. The monoisotopic (exact) mass is 418 g/mol. The molecule has 2 aromatic heterocycles. The summed E-state index contributed by atoms with van der Waals surface area (Å²) in [6, 6.07) is 10.0. The van der Waals surface area contributed by atoms with Crippen LogP contribution in [0.1, 0.15) is 60.0 Å². The van der Waals surface area contributed by atoms with Crippen LogP contribution in [0.15, 0.2) is 30.3 Å². The van der Waals surface area contributed by atoms with Crippen molar-refractivity contribution >= 4 is 22.9 Å². The van der Waals surface area contributed by atoms with Crippen molar-refractivity contribution in [2.45, 2.75) is 44.9 Å².